The van der Waals surface area contributed by atoms with Crippen molar-refractivity contribution >= 4 is 28.9 Å². The van der Waals surface area contributed by atoms with E-state index in [9.17, 15) is 4.79 Å². The third kappa shape index (κ3) is 4.40. The topological polar surface area (TPSA) is 71.3 Å². The summed E-state index contributed by atoms with van der Waals surface area (Å²) in [6, 6.07) is 21.0. The number of amides is 2. The van der Waals surface area contributed by atoms with Crippen LogP contribution in [0.25, 0.3) is 17.0 Å². The van der Waals surface area contributed by atoms with Crippen molar-refractivity contribution < 1.29 is 9.32 Å². The molecule has 0 bridgehead atoms. The second kappa shape index (κ2) is 9.63. The molecule has 1 aliphatic rings. The Morgan fingerprint density at radius 1 is 1.00 bits per heavy atom. The molecule has 2 heterocycles. The highest BCUT2D eigenvalue weighted by molar-refractivity contribution is 6.31. The van der Waals surface area contributed by atoms with Crippen molar-refractivity contribution in [1.29, 1.82) is 0 Å². The number of hydrogen-bond acceptors (Lipinski definition) is 4. The van der Waals surface area contributed by atoms with Gasteiger partial charge in [-0.05, 0) is 62.1 Å². The van der Waals surface area contributed by atoms with Gasteiger partial charge in [-0.25, -0.2) is 4.79 Å². The van der Waals surface area contributed by atoms with Crippen molar-refractivity contribution in [3.8, 4) is 11.4 Å². The largest absolute Gasteiger partial charge is 0.334 e. The van der Waals surface area contributed by atoms with Crippen LogP contribution < -0.4 is 10.2 Å². The second-order valence-corrected chi connectivity index (χ2v) is 9.44. The van der Waals surface area contributed by atoms with E-state index in [1.807, 2.05) is 69.3 Å². The molecule has 1 unspecified atom stereocenters. The maximum Gasteiger partial charge on any atom is 0.326 e. The summed E-state index contributed by atoms with van der Waals surface area (Å²) in [4.78, 5) is 19.8. The lowest BCUT2D eigenvalue weighted by Gasteiger charge is -2.35. The van der Waals surface area contributed by atoms with Crippen molar-refractivity contribution in [2.24, 2.45) is 0 Å². The highest BCUT2D eigenvalue weighted by atomic mass is 35.5. The average molecular weight is 499 g/mol. The van der Waals surface area contributed by atoms with E-state index in [4.69, 9.17) is 21.1 Å². The van der Waals surface area contributed by atoms with Crippen molar-refractivity contribution in [2.75, 3.05) is 4.90 Å². The maximum atomic E-state index is 13.4. The number of hydrogen-bond donors (Lipinski definition) is 1. The summed E-state index contributed by atoms with van der Waals surface area (Å²) in [6.07, 6.45) is 0.960. The molecule has 5 rings (SSSR count). The van der Waals surface area contributed by atoms with Gasteiger partial charge in [0.15, 0.2) is 0 Å². The minimum atomic E-state index is -0.446. The minimum absolute atomic E-state index is 0.238. The Morgan fingerprint density at radius 3 is 2.39 bits per heavy atom. The molecule has 0 spiro atoms. The Balaban J connectivity index is 1.64. The summed E-state index contributed by atoms with van der Waals surface area (Å²) >= 11 is 6.25. The second-order valence-electron chi connectivity index (χ2n) is 9.03. The molecule has 7 heteroatoms. The fourth-order valence-corrected chi connectivity index (χ4v) is 4.57. The van der Waals surface area contributed by atoms with Gasteiger partial charge in [-0.3, -0.25) is 4.90 Å². The molecule has 36 heavy (non-hydrogen) atoms. The normalized spacial score (nSPS) is 15.9. The van der Waals surface area contributed by atoms with Crippen LogP contribution in [0.5, 0.6) is 0 Å². The molecule has 1 aliphatic heterocycles. The number of benzene rings is 3. The van der Waals surface area contributed by atoms with Crippen molar-refractivity contribution in [1.82, 2.24) is 15.5 Å². The van der Waals surface area contributed by atoms with Gasteiger partial charge in [0.2, 0.25) is 5.82 Å². The molecule has 0 saturated heterocycles. The summed E-state index contributed by atoms with van der Waals surface area (Å²) < 4.78 is 5.81. The molecule has 6 nitrogen and oxygen atoms in total. The summed E-state index contributed by atoms with van der Waals surface area (Å²) in [5.74, 6) is 0.865. The lowest BCUT2D eigenvalue weighted by atomic mass is 9.94. The Bertz CT molecular complexity index is 1460. The quantitative estimate of drug-likeness (QED) is 0.314. The van der Waals surface area contributed by atoms with Crippen LogP contribution in [0.3, 0.4) is 0 Å². The van der Waals surface area contributed by atoms with Crippen molar-refractivity contribution in [2.45, 2.75) is 40.2 Å². The third-order valence-electron chi connectivity index (χ3n) is 6.57. The zero-order chi connectivity index (χ0) is 25.4. The fraction of sp³-hybridized carbons (Fsp3) is 0.207. The van der Waals surface area contributed by atoms with Gasteiger partial charge in [0, 0.05) is 16.3 Å². The number of halogens is 1. The number of carbonyl (C=O) groups is 1. The van der Waals surface area contributed by atoms with Crippen molar-refractivity contribution in [3.05, 3.63) is 106 Å². The highest BCUT2D eigenvalue weighted by Gasteiger charge is 2.36. The Hall–Kier alpha value is -3.90. The molecule has 182 valence electrons. The number of urea groups is 1. The van der Waals surface area contributed by atoms with Crippen LogP contribution in [0, 0.1) is 13.8 Å². The molecule has 3 aromatic carbocycles. The van der Waals surface area contributed by atoms with Gasteiger partial charge in [0.25, 0.3) is 5.89 Å². The van der Waals surface area contributed by atoms with E-state index in [2.05, 4.69) is 29.5 Å². The molecule has 0 radical (unpaired) electrons. The first kappa shape index (κ1) is 23.8. The molecule has 0 saturated carbocycles. The Morgan fingerprint density at radius 2 is 1.72 bits per heavy atom. The molecule has 1 aromatic heterocycles. The molecule has 1 N–H and O–H groups in total. The molecule has 4 aromatic rings. The Labute approximate surface area is 215 Å². The molecular formula is C29H27ClN4O2. The van der Waals surface area contributed by atoms with Gasteiger partial charge < -0.3 is 9.84 Å². The summed E-state index contributed by atoms with van der Waals surface area (Å²) in [5.41, 5.74) is 7.23. The predicted octanol–water partition coefficient (Wildman–Crippen LogP) is 7.27. The molecule has 2 amide bonds. The van der Waals surface area contributed by atoms with Gasteiger partial charge >= 0.3 is 6.03 Å². The van der Waals surface area contributed by atoms with E-state index in [0.717, 1.165) is 34.2 Å². The number of aryl methyl sites for hydroxylation is 3. The number of nitrogens with zero attached hydrogens (tertiary/aromatic N) is 3. The average Bonchev–Trinajstić information content (AvgIpc) is 3.36. The van der Waals surface area contributed by atoms with Crippen molar-refractivity contribution in [3.63, 3.8) is 0 Å². The van der Waals surface area contributed by atoms with E-state index in [-0.39, 0.29) is 6.03 Å². The van der Waals surface area contributed by atoms with Gasteiger partial charge in [-0.1, -0.05) is 77.8 Å². The number of nitrogens with one attached hydrogen (secondary N) is 1. The zero-order valence-corrected chi connectivity index (χ0v) is 21.4. The molecule has 0 fully saturated rings. The van der Waals surface area contributed by atoms with Crippen LogP contribution in [0.2, 0.25) is 5.02 Å². The van der Waals surface area contributed by atoms with Crippen LogP contribution in [0.4, 0.5) is 10.5 Å². The van der Waals surface area contributed by atoms with E-state index in [1.165, 1.54) is 5.56 Å². The lowest BCUT2D eigenvalue weighted by molar-refractivity contribution is 0.244. The highest BCUT2D eigenvalue weighted by Crippen LogP contribution is 2.39. The lowest BCUT2D eigenvalue weighted by Crippen LogP contribution is -2.46. The summed E-state index contributed by atoms with van der Waals surface area (Å²) in [5, 5.41) is 8.06. The zero-order valence-electron chi connectivity index (χ0n) is 20.7. The fourth-order valence-electron chi connectivity index (χ4n) is 4.45. The van der Waals surface area contributed by atoms with E-state index in [0.29, 0.717) is 28.1 Å². The number of anilines is 1. The first-order chi connectivity index (χ1) is 17.4. The van der Waals surface area contributed by atoms with Gasteiger partial charge in [-0.15, -0.1) is 0 Å². The van der Waals surface area contributed by atoms with Crippen LogP contribution >= 0.6 is 11.6 Å². The smallest absolute Gasteiger partial charge is 0.326 e. The first-order valence-corrected chi connectivity index (χ1v) is 12.3. The monoisotopic (exact) mass is 498 g/mol. The maximum absolute atomic E-state index is 13.4. The number of aromatic nitrogens is 2. The SMILES string of the molecule is CCc1ccc(-c2noc(C3=C(C)N(c4ccc(Cl)c(C)c4)C(=O)NC3c3ccc(C)cc3)n2)cc1. The van der Waals surface area contributed by atoms with E-state index in [1.54, 1.807) is 11.0 Å². The van der Waals surface area contributed by atoms with Gasteiger partial charge in [0.05, 0.1) is 17.3 Å². The van der Waals surface area contributed by atoms with Crippen LogP contribution in [0.1, 0.15) is 48.0 Å². The standard InChI is InChI=1S/C29H27ClN4O2/c1-5-20-8-12-22(13-9-20)27-32-28(36-33-27)25-19(4)34(23-14-15-24(30)18(3)16-23)29(35)31-26(25)21-10-6-17(2)7-11-21/h6-16,26H,5H2,1-4H3,(H,31,35). The van der Waals surface area contributed by atoms with Crippen LogP contribution in [-0.4, -0.2) is 16.2 Å². The van der Waals surface area contributed by atoms with E-state index >= 15 is 0 Å². The van der Waals surface area contributed by atoms with Crippen LogP contribution in [-0.2, 0) is 6.42 Å². The summed E-state index contributed by atoms with van der Waals surface area (Å²) in [6.45, 7) is 7.97. The summed E-state index contributed by atoms with van der Waals surface area (Å²) in [7, 11) is 0. The number of allylic oxidation sites excluding steroid dienone is 1. The van der Waals surface area contributed by atoms with Gasteiger partial charge in [-0.2, -0.15) is 4.98 Å². The predicted molar refractivity (Wildman–Crippen MR) is 143 cm³/mol. The molecule has 1 atom stereocenters. The molecular weight excluding hydrogens is 472 g/mol. The van der Waals surface area contributed by atoms with E-state index < -0.39 is 6.04 Å². The minimum Gasteiger partial charge on any atom is -0.334 e. The first-order valence-electron chi connectivity index (χ1n) is 11.9. The third-order valence-corrected chi connectivity index (χ3v) is 7.00. The number of carbonyl (C=O) groups excluding carboxylic acids is 1. The molecule has 0 aliphatic carbocycles. The Kier molecular flexibility index (Phi) is 6.37. The van der Waals surface area contributed by atoms with Gasteiger partial charge in [0.1, 0.15) is 0 Å². The number of rotatable bonds is 5. The van der Waals surface area contributed by atoms with Crippen LogP contribution in [0.15, 0.2) is 77.0 Å².